The molecule has 3 amide bonds. The molecule has 3 heterocycles. The van der Waals surface area contributed by atoms with E-state index in [2.05, 4.69) is 5.32 Å². The fourth-order valence-electron chi connectivity index (χ4n) is 3.24. The summed E-state index contributed by atoms with van der Waals surface area (Å²) in [6, 6.07) is 3.28. The molecule has 2 fully saturated rings. The monoisotopic (exact) mass is 349 g/mol. The van der Waals surface area contributed by atoms with Crippen LogP contribution >= 0.6 is 0 Å². The molecule has 1 aromatic heterocycles. The van der Waals surface area contributed by atoms with Gasteiger partial charge in [-0.1, -0.05) is 6.92 Å². The predicted molar refractivity (Wildman–Crippen MR) is 87.9 cm³/mol. The molecule has 8 nitrogen and oxygen atoms in total. The molecule has 0 saturated carbocycles. The quantitative estimate of drug-likeness (QED) is 0.863. The van der Waals surface area contributed by atoms with Crippen molar-refractivity contribution < 1.29 is 23.5 Å². The van der Waals surface area contributed by atoms with Gasteiger partial charge in [-0.3, -0.25) is 9.59 Å². The van der Waals surface area contributed by atoms with Crippen molar-refractivity contribution in [2.75, 3.05) is 26.2 Å². The fourth-order valence-corrected chi connectivity index (χ4v) is 3.24. The number of carbonyl (C=O) groups is 3. The van der Waals surface area contributed by atoms with E-state index >= 15 is 0 Å². The Kier molecular flexibility index (Phi) is 5.25. The Morgan fingerprint density at radius 2 is 2.08 bits per heavy atom. The molecule has 2 aliphatic rings. The maximum Gasteiger partial charge on any atom is 0.410 e. The van der Waals surface area contributed by atoms with E-state index in [1.54, 1.807) is 21.9 Å². The summed E-state index contributed by atoms with van der Waals surface area (Å²) in [6.07, 6.45) is 3.40. The third-order valence-corrected chi connectivity index (χ3v) is 4.76. The number of furan rings is 1. The first kappa shape index (κ1) is 17.3. The minimum atomic E-state index is -0.404. The second kappa shape index (κ2) is 7.58. The zero-order valence-corrected chi connectivity index (χ0v) is 14.3. The van der Waals surface area contributed by atoms with Gasteiger partial charge in [0.15, 0.2) is 5.76 Å². The average Bonchev–Trinajstić information content (AvgIpc) is 3.29. The highest BCUT2D eigenvalue weighted by Crippen LogP contribution is 2.23. The topological polar surface area (TPSA) is 92.1 Å². The van der Waals surface area contributed by atoms with Crippen LogP contribution in [0.4, 0.5) is 4.79 Å². The van der Waals surface area contributed by atoms with E-state index in [0.717, 1.165) is 19.3 Å². The molecule has 8 heteroatoms. The molecule has 3 rings (SSSR count). The van der Waals surface area contributed by atoms with Crippen LogP contribution in [-0.4, -0.2) is 66.0 Å². The summed E-state index contributed by atoms with van der Waals surface area (Å²) in [6.45, 7) is 3.71. The van der Waals surface area contributed by atoms with Gasteiger partial charge in [0.25, 0.3) is 5.91 Å². The molecule has 2 aliphatic heterocycles. The van der Waals surface area contributed by atoms with Crippen LogP contribution in [0.2, 0.25) is 0 Å². The van der Waals surface area contributed by atoms with Crippen molar-refractivity contribution in [1.29, 1.82) is 0 Å². The van der Waals surface area contributed by atoms with Crippen molar-refractivity contribution in [3.8, 4) is 0 Å². The van der Waals surface area contributed by atoms with Crippen molar-refractivity contribution in [2.24, 2.45) is 0 Å². The Hall–Kier alpha value is -2.51. The number of hydrogen-bond donors (Lipinski definition) is 1. The number of nitrogens with zero attached hydrogens (tertiary/aromatic N) is 2. The van der Waals surface area contributed by atoms with Gasteiger partial charge in [-0.05, 0) is 31.4 Å². The minimum absolute atomic E-state index is 0.0241. The van der Waals surface area contributed by atoms with Crippen LogP contribution in [0.15, 0.2) is 22.8 Å². The molecule has 136 valence electrons. The molecular weight excluding hydrogens is 326 g/mol. The molecule has 0 aromatic carbocycles. The van der Waals surface area contributed by atoms with Crippen molar-refractivity contribution in [3.63, 3.8) is 0 Å². The first-order chi connectivity index (χ1) is 12.1. The smallest absolute Gasteiger partial charge is 0.410 e. The summed E-state index contributed by atoms with van der Waals surface area (Å²) in [4.78, 5) is 39.4. The number of amides is 3. The van der Waals surface area contributed by atoms with Crippen LogP contribution < -0.4 is 5.32 Å². The zero-order chi connectivity index (χ0) is 17.8. The molecule has 0 radical (unpaired) electrons. The summed E-state index contributed by atoms with van der Waals surface area (Å²) in [5.41, 5.74) is 0. The average molecular weight is 349 g/mol. The summed E-state index contributed by atoms with van der Waals surface area (Å²) >= 11 is 0. The summed E-state index contributed by atoms with van der Waals surface area (Å²) < 4.78 is 10.3. The van der Waals surface area contributed by atoms with Gasteiger partial charge in [0.2, 0.25) is 5.91 Å². The first-order valence-electron chi connectivity index (χ1n) is 8.65. The lowest BCUT2D eigenvalue weighted by Crippen LogP contribution is -2.49. The Morgan fingerprint density at radius 1 is 1.32 bits per heavy atom. The molecular formula is C17H23N3O5. The van der Waals surface area contributed by atoms with E-state index in [9.17, 15) is 14.4 Å². The van der Waals surface area contributed by atoms with Gasteiger partial charge in [0, 0.05) is 19.1 Å². The Morgan fingerprint density at radius 3 is 2.68 bits per heavy atom. The highest BCUT2D eigenvalue weighted by Gasteiger charge is 2.37. The number of cyclic esters (lactones) is 1. The highest BCUT2D eigenvalue weighted by molar-refractivity contribution is 5.94. The van der Waals surface area contributed by atoms with E-state index in [4.69, 9.17) is 9.15 Å². The van der Waals surface area contributed by atoms with Crippen LogP contribution in [0.1, 0.15) is 36.7 Å². The van der Waals surface area contributed by atoms with Crippen molar-refractivity contribution in [2.45, 2.75) is 38.3 Å². The lowest BCUT2D eigenvalue weighted by molar-refractivity contribution is -0.131. The van der Waals surface area contributed by atoms with E-state index in [1.807, 2.05) is 6.92 Å². The Balaban J connectivity index is 1.43. The molecule has 2 saturated heterocycles. The van der Waals surface area contributed by atoms with Crippen LogP contribution in [0.25, 0.3) is 0 Å². The number of piperidine rings is 1. The Labute approximate surface area is 146 Å². The van der Waals surface area contributed by atoms with Crippen molar-refractivity contribution in [3.05, 3.63) is 24.2 Å². The molecule has 1 N–H and O–H groups in total. The number of hydrogen-bond acceptors (Lipinski definition) is 5. The van der Waals surface area contributed by atoms with Gasteiger partial charge in [-0.2, -0.15) is 0 Å². The Bertz CT molecular complexity index is 622. The van der Waals surface area contributed by atoms with Crippen molar-refractivity contribution in [1.82, 2.24) is 15.1 Å². The van der Waals surface area contributed by atoms with Crippen LogP contribution in [0.5, 0.6) is 0 Å². The van der Waals surface area contributed by atoms with Gasteiger partial charge < -0.3 is 24.3 Å². The van der Waals surface area contributed by atoms with Gasteiger partial charge in [-0.25, -0.2) is 4.79 Å². The van der Waals surface area contributed by atoms with Gasteiger partial charge in [-0.15, -0.1) is 0 Å². The molecule has 0 aliphatic carbocycles. The fraction of sp³-hybridized carbons (Fsp3) is 0.588. The second-order valence-electron chi connectivity index (χ2n) is 6.34. The normalized spacial score (nSPS) is 21.3. The maximum absolute atomic E-state index is 12.2. The van der Waals surface area contributed by atoms with E-state index < -0.39 is 5.91 Å². The third kappa shape index (κ3) is 3.94. The lowest BCUT2D eigenvalue weighted by atomic mass is 10.0. The summed E-state index contributed by atoms with van der Waals surface area (Å²) in [5.74, 6) is -0.350. The van der Waals surface area contributed by atoms with Gasteiger partial charge in [0.1, 0.15) is 6.10 Å². The molecule has 1 aromatic rings. The van der Waals surface area contributed by atoms with E-state index in [-0.39, 0.29) is 36.5 Å². The van der Waals surface area contributed by atoms with Gasteiger partial charge >= 0.3 is 6.09 Å². The third-order valence-electron chi connectivity index (χ3n) is 4.76. The first-order valence-corrected chi connectivity index (χ1v) is 8.65. The van der Waals surface area contributed by atoms with Gasteiger partial charge in [0.05, 0.1) is 19.4 Å². The SMILES string of the molecule is CCC1CN(C2CCN(C(=O)CNC(=O)c3ccco3)CC2)C(=O)O1. The zero-order valence-electron chi connectivity index (χ0n) is 14.3. The maximum atomic E-state index is 12.2. The number of nitrogens with one attached hydrogen (secondary N) is 1. The van der Waals surface area contributed by atoms with Crippen molar-refractivity contribution >= 4 is 17.9 Å². The minimum Gasteiger partial charge on any atom is -0.459 e. The summed E-state index contributed by atoms with van der Waals surface area (Å²) in [7, 11) is 0. The second-order valence-corrected chi connectivity index (χ2v) is 6.34. The number of carbonyl (C=O) groups excluding carboxylic acids is 3. The number of likely N-dealkylation sites (tertiary alicyclic amines) is 1. The predicted octanol–water partition coefficient (Wildman–Crippen LogP) is 1.23. The van der Waals surface area contributed by atoms with E-state index in [1.165, 1.54) is 6.26 Å². The van der Waals surface area contributed by atoms with E-state index in [0.29, 0.717) is 19.6 Å². The standard InChI is InChI=1S/C17H23N3O5/c1-2-13-11-20(17(23)25-13)12-5-7-19(8-6-12)15(21)10-18-16(22)14-4-3-9-24-14/h3-4,9,12-13H,2,5-8,10-11H2,1H3,(H,18,22). The number of ether oxygens (including phenoxy) is 1. The largest absolute Gasteiger partial charge is 0.459 e. The molecule has 25 heavy (non-hydrogen) atoms. The summed E-state index contributed by atoms with van der Waals surface area (Å²) in [5, 5.41) is 2.56. The molecule has 1 atom stereocenters. The molecule has 0 spiro atoms. The van der Waals surface area contributed by atoms with Crippen LogP contribution in [-0.2, 0) is 9.53 Å². The molecule has 1 unspecified atom stereocenters. The number of rotatable bonds is 5. The van der Waals surface area contributed by atoms with Crippen LogP contribution in [0.3, 0.4) is 0 Å². The molecule has 0 bridgehead atoms. The lowest BCUT2D eigenvalue weighted by Gasteiger charge is -2.35. The van der Waals surface area contributed by atoms with Crippen LogP contribution in [0, 0.1) is 0 Å². The highest BCUT2D eigenvalue weighted by atomic mass is 16.6.